The third-order valence-electron chi connectivity index (χ3n) is 30.1. The van der Waals surface area contributed by atoms with Gasteiger partial charge in [-0.15, -0.1) is 20.4 Å². The molecule has 20 heteroatoms. The van der Waals surface area contributed by atoms with Gasteiger partial charge < -0.3 is 33.3 Å². The molecule has 150 heavy (non-hydrogen) atoms. The summed E-state index contributed by atoms with van der Waals surface area (Å²) >= 11 is 0. The van der Waals surface area contributed by atoms with Gasteiger partial charge in [0.2, 0.25) is 0 Å². The van der Waals surface area contributed by atoms with Crippen LogP contribution in [0.2, 0.25) is 0 Å². The van der Waals surface area contributed by atoms with Crippen LogP contribution >= 0.6 is 0 Å². The van der Waals surface area contributed by atoms with Crippen molar-refractivity contribution in [2.75, 3.05) is 18.0 Å². The predicted octanol–water partition coefficient (Wildman–Crippen LogP) is 28.6. The summed E-state index contributed by atoms with van der Waals surface area (Å²) in [5, 5.41) is 68.3. The molecule has 0 saturated carbocycles. The van der Waals surface area contributed by atoms with Crippen molar-refractivity contribution in [1.82, 2.24) is 60.0 Å². The van der Waals surface area contributed by atoms with E-state index in [2.05, 4.69) is 356 Å². The summed E-state index contributed by atoms with van der Waals surface area (Å²) in [6.45, 7) is 10.7. The van der Waals surface area contributed by atoms with Crippen molar-refractivity contribution in [3.05, 3.63) is 419 Å². The van der Waals surface area contributed by atoms with E-state index in [1.165, 1.54) is 157 Å². The number of pyridine rings is 1. The zero-order valence-electron chi connectivity index (χ0n) is 84.5. The van der Waals surface area contributed by atoms with Gasteiger partial charge in [0, 0.05) is 80.9 Å². The zero-order valence-corrected chi connectivity index (χ0v) is 84.5. The molecule has 25 rings (SSSR count). The third-order valence-corrected chi connectivity index (χ3v) is 30.1. The lowest BCUT2D eigenvalue weighted by atomic mass is 9.90. The molecule has 0 unspecified atom stereocenters. The number of ether oxygens (including phenoxy) is 6. The fourth-order valence-corrected chi connectivity index (χ4v) is 22.6. The Morgan fingerprint density at radius 1 is 0.253 bits per heavy atom. The molecule has 0 saturated heterocycles. The van der Waals surface area contributed by atoms with Gasteiger partial charge in [-0.05, 0) is 313 Å². The number of aryl methyl sites for hydroxylation is 8. The molecular formula is C130H115N14O6+. The molecule has 0 aliphatic rings. The van der Waals surface area contributed by atoms with E-state index in [1.54, 1.807) is 0 Å². The van der Waals surface area contributed by atoms with Gasteiger partial charge in [0.1, 0.15) is 96.9 Å². The number of rotatable bonds is 45. The van der Waals surface area contributed by atoms with Crippen LogP contribution in [0.25, 0.3) is 141 Å². The summed E-state index contributed by atoms with van der Waals surface area (Å²) in [4.78, 5) is 2.36. The van der Waals surface area contributed by atoms with Gasteiger partial charge >= 0.3 is 0 Å². The molecule has 5 aromatic heterocycles. The van der Waals surface area contributed by atoms with E-state index < -0.39 is 0 Å². The number of aromatic nitrogens is 13. The normalized spacial score (nSPS) is 12.0. The van der Waals surface area contributed by atoms with Crippen LogP contribution in [0, 0.1) is 0 Å². The Balaban J connectivity index is 0.465. The van der Waals surface area contributed by atoms with E-state index in [-0.39, 0.29) is 39.6 Å². The van der Waals surface area contributed by atoms with E-state index in [0.29, 0.717) is 63.8 Å². The fourth-order valence-electron chi connectivity index (χ4n) is 22.6. The molecule has 0 bridgehead atoms. The highest BCUT2D eigenvalue weighted by Crippen LogP contribution is 2.43. The van der Waals surface area contributed by atoms with Gasteiger partial charge in [-0.1, -0.05) is 264 Å². The van der Waals surface area contributed by atoms with Crippen molar-refractivity contribution >= 4 is 147 Å². The van der Waals surface area contributed by atoms with Crippen molar-refractivity contribution in [2.24, 2.45) is 0 Å². The molecule has 0 spiro atoms. The highest BCUT2D eigenvalue weighted by molar-refractivity contribution is 6.27. The maximum atomic E-state index is 6.99. The summed E-state index contributed by atoms with van der Waals surface area (Å²) in [6.07, 6.45) is 28.1. The van der Waals surface area contributed by atoms with Crippen molar-refractivity contribution in [2.45, 2.75) is 163 Å². The number of benzene rings is 20. The molecule has 0 atom stereocenters. The van der Waals surface area contributed by atoms with Gasteiger partial charge in [0.05, 0.1) is 24.8 Å². The minimum atomic E-state index is 0.146. The average molecular weight is 1970 g/mol. The Hall–Kier alpha value is -17.4. The molecule has 0 fully saturated rings. The van der Waals surface area contributed by atoms with Gasteiger partial charge in [-0.3, -0.25) is 18.7 Å². The minimum Gasteiger partial charge on any atom is -0.489 e. The SMILES string of the molecule is CCN(CC)c1ccc(/C=C/c2cc[n+](Cc3cc(OCc4cc(OCc5cn(CCCCc6ccc7ccc8cccc9ccc6c7c89)nn5)cc(OCc5cn(CCCCc6ccc7ccc8cccc9ccc6c7c89)nn5)c4)cc(OCc4cc(OCc5cn(CCCCc6ccc7ccc8cccc9ccc6c7c89)nn5)cc(OCc5cn(CCCCc6ccc7ccc8cccc9ccc6c7c89)nn5)c4)c3)cc2)cc1. The quantitative estimate of drug-likeness (QED) is 0.0199. The molecule has 0 radical (unpaired) electrons. The highest BCUT2D eigenvalue weighted by atomic mass is 16.5. The lowest BCUT2D eigenvalue weighted by molar-refractivity contribution is -0.688. The topological polar surface area (TPSA) is 185 Å². The summed E-state index contributed by atoms with van der Waals surface area (Å²) in [5.41, 5.74) is 14.3. The Kier molecular flexibility index (Phi) is 26.4. The smallest absolute Gasteiger partial charge is 0.174 e. The number of anilines is 1. The average Bonchev–Trinajstić information content (AvgIpc) is 1.57. The first-order valence-corrected chi connectivity index (χ1v) is 53.0. The first-order chi connectivity index (χ1) is 74.1. The van der Waals surface area contributed by atoms with E-state index in [9.17, 15) is 0 Å². The predicted molar refractivity (Wildman–Crippen MR) is 602 cm³/mol. The zero-order chi connectivity index (χ0) is 100. The van der Waals surface area contributed by atoms with Crippen LogP contribution in [-0.4, -0.2) is 73.1 Å². The summed E-state index contributed by atoms with van der Waals surface area (Å²) in [6, 6.07) is 112. The molecule has 0 aliphatic heterocycles. The Morgan fingerprint density at radius 3 is 0.793 bits per heavy atom. The molecule has 20 nitrogen and oxygen atoms in total. The molecule has 20 aromatic carbocycles. The molecular weight excluding hydrogens is 1850 g/mol. The van der Waals surface area contributed by atoms with Crippen molar-refractivity contribution in [1.29, 1.82) is 0 Å². The van der Waals surface area contributed by atoms with Crippen LogP contribution in [0.15, 0.2) is 347 Å². The monoisotopic (exact) mass is 1970 g/mol. The summed E-state index contributed by atoms with van der Waals surface area (Å²) in [7, 11) is 0. The van der Waals surface area contributed by atoms with Crippen LogP contribution in [0.3, 0.4) is 0 Å². The number of hydrogen-bond acceptors (Lipinski definition) is 15. The Morgan fingerprint density at radius 2 is 0.507 bits per heavy atom. The first-order valence-electron chi connectivity index (χ1n) is 53.0. The van der Waals surface area contributed by atoms with Gasteiger partial charge in [-0.2, -0.15) is 0 Å². The Bertz CT molecular complexity index is 8200. The highest BCUT2D eigenvalue weighted by Gasteiger charge is 2.22. The van der Waals surface area contributed by atoms with E-state index in [1.807, 2.05) is 86.0 Å². The molecule has 740 valence electrons. The second-order valence-electron chi connectivity index (χ2n) is 40.1. The molecule has 5 heterocycles. The second kappa shape index (κ2) is 42.2. The van der Waals surface area contributed by atoms with Gasteiger partial charge in [-0.25, -0.2) is 4.57 Å². The molecule has 25 aromatic rings. The summed E-state index contributed by atoms with van der Waals surface area (Å²) in [5.74, 6) is 3.50. The van der Waals surface area contributed by atoms with Gasteiger partial charge in [0.15, 0.2) is 18.9 Å². The fraction of sp³-hybridized carbons (Fsp3) is 0.208. The molecule has 0 amide bonds. The first kappa shape index (κ1) is 93.7. The number of nitrogens with zero attached hydrogens (tertiary/aromatic N) is 14. The molecule has 0 aliphatic carbocycles. The van der Waals surface area contributed by atoms with E-state index in [4.69, 9.17) is 28.4 Å². The van der Waals surface area contributed by atoms with E-state index in [0.717, 1.165) is 144 Å². The maximum Gasteiger partial charge on any atom is 0.174 e. The van der Waals surface area contributed by atoms with E-state index >= 15 is 0 Å². The number of unbranched alkanes of at least 4 members (excludes halogenated alkanes) is 4. The Labute approximate surface area is 869 Å². The van der Waals surface area contributed by atoms with Crippen LogP contribution in [0.5, 0.6) is 34.5 Å². The minimum absolute atomic E-state index is 0.146. The van der Waals surface area contributed by atoms with Crippen LogP contribution < -0.4 is 37.9 Å². The van der Waals surface area contributed by atoms with Gasteiger partial charge in [0.25, 0.3) is 0 Å². The van der Waals surface area contributed by atoms with Crippen LogP contribution in [0.4, 0.5) is 5.69 Å². The van der Waals surface area contributed by atoms with Crippen molar-refractivity contribution in [3.63, 3.8) is 0 Å². The molecule has 0 N–H and O–H groups in total. The largest absolute Gasteiger partial charge is 0.489 e. The van der Waals surface area contributed by atoms with Crippen molar-refractivity contribution in [3.8, 4) is 34.5 Å². The maximum absolute atomic E-state index is 6.99. The summed E-state index contributed by atoms with van der Waals surface area (Å²) < 4.78 is 50.7. The standard InChI is InChI=1S/C130H115N14O6/c1-3-140(4-2)112-53-31-87(32-54-112)29-30-88-59-65-139(66-60-88)76-89-67-113(145-81-90-69-115(147-83-108-77-141(135-131-108)61-9-5-17-92-33-37-104-45-41-96-21-13-25-100-49-55-119(92)127(104)123(96)100)74-116(70-90)148-84-109-78-142(136-132-109)62-10-6-18-93-34-38-105-46-42-97-22-14-26-101-50-56-120(93)128(105)124(97)101)73-114(68-89)146-82-91-71-117(149-85-110-79-143(137-133-110)63-11-7-19-94-35-39-106-47-43-98-23-15-27-102-51-57-121(94)129(106)125(98)102)75-118(72-91)150-86-111-80-144(138-134-111)64-12-8-20-95-36-40-107-48-44-99-24-16-28-103-52-58-122(95)130(107)126(99)103/h13-16,21-60,65-75,77-80H,3-12,17-20,61-64,76,81-86H2,1-2H3/q+1. The van der Waals surface area contributed by atoms with Crippen LogP contribution in [-0.2, 0) is 98.0 Å². The third kappa shape index (κ3) is 20.2. The van der Waals surface area contributed by atoms with Crippen molar-refractivity contribution < 1.29 is 33.0 Å². The lowest BCUT2D eigenvalue weighted by Crippen LogP contribution is -2.33. The lowest BCUT2D eigenvalue weighted by Gasteiger charge is -2.20. The van der Waals surface area contributed by atoms with Crippen LogP contribution in [0.1, 0.15) is 138 Å². The second-order valence-corrected chi connectivity index (χ2v) is 40.1. The number of hydrogen-bond donors (Lipinski definition) is 0.